The molecule has 0 bridgehead atoms. The van der Waals surface area contributed by atoms with Crippen LogP contribution in [0.2, 0.25) is 0 Å². The summed E-state index contributed by atoms with van der Waals surface area (Å²) in [5.41, 5.74) is 0.482. The molecule has 0 aliphatic carbocycles. The first-order chi connectivity index (χ1) is 14.2. The Morgan fingerprint density at radius 2 is 1.77 bits per heavy atom. The fraction of sp³-hybridized carbons (Fsp3) is 0.333. The van der Waals surface area contributed by atoms with Crippen LogP contribution in [0.4, 0.5) is 22.0 Å². The summed E-state index contributed by atoms with van der Waals surface area (Å²) in [5, 5.41) is 0. The number of rotatable bonds is 3. The van der Waals surface area contributed by atoms with Gasteiger partial charge >= 0.3 is 6.18 Å². The third-order valence-corrected chi connectivity index (χ3v) is 5.41. The molecule has 0 atom stereocenters. The topological polar surface area (TPSA) is 38.1 Å². The summed E-state index contributed by atoms with van der Waals surface area (Å²) in [4.78, 5) is 17.7. The Balaban J connectivity index is 1.49. The molecule has 4 nitrogen and oxygen atoms in total. The standard InChI is InChI=1S/C21H18F5N3O/c22-14-5-6-15(16(23)11-14)19(30)28-9-7-13(8-10-28)12-29-18-4-2-1-3-17(18)27-20(29)21(24,25)26/h1-6,11,13H,7-10,12H2. The van der Waals surface area contributed by atoms with Gasteiger partial charge in [0.25, 0.3) is 5.91 Å². The predicted molar refractivity (Wildman–Crippen MR) is 99.7 cm³/mol. The van der Waals surface area contributed by atoms with Gasteiger partial charge in [0.15, 0.2) is 0 Å². The number of para-hydroxylation sites is 2. The third kappa shape index (κ3) is 3.88. The summed E-state index contributed by atoms with van der Waals surface area (Å²) in [7, 11) is 0. The Morgan fingerprint density at radius 3 is 2.43 bits per heavy atom. The molecule has 3 aromatic rings. The van der Waals surface area contributed by atoms with Crippen molar-refractivity contribution in [3.05, 3.63) is 65.5 Å². The smallest absolute Gasteiger partial charge is 0.339 e. The van der Waals surface area contributed by atoms with Crippen molar-refractivity contribution in [3.63, 3.8) is 0 Å². The molecule has 30 heavy (non-hydrogen) atoms. The van der Waals surface area contributed by atoms with Gasteiger partial charge in [-0.15, -0.1) is 0 Å². The lowest BCUT2D eigenvalue weighted by atomic mass is 9.96. The van der Waals surface area contributed by atoms with Crippen molar-refractivity contribution in [1.82, 2.24) is 14.5 Å². The largest absolute Gasteiger partial charge is 0.449 e. The number of carbonyl (C=O) groups is 1. The minimum Gasteiger partial charge on any atom is -0.339 e. The average Bonchev–Trinajstić information content (AvgIpc) is 3.07. The molecule has 1 saturated heterocycles. The monoisotopic (exact) mass is 423 g/mol. The van der Waals surface area contributed by atoms with E-state index in [4.69, 9.17) is 0 Å². The van der Waals surface area contributed by atoms with Crippen LogP contribution in [0.15, 0.2) is 42.5 Å². The fourth-order valence-electron chi connectivity index (χ4n) is 3.89. The van der Waals surface area contributed by atoms with Gasteiger partial charge in [-0.1, -0.05) is 12.1 Å². The van der Waals surface area contributed by atoms with E-state index < -0.39 is 29.5 Å². The maximum absolute atomic E-state index is 13.9. The summed E-state index contributed by atoms with van der Waals surface area (Å²) in [6.07, 6.45) is -3.63. The molecular weight excluding hydrogens is 405 g/mol. The van der Waals surface area contributed by atoms with E-state index in [1.807, 2.05) is 0 Å². The minimum atomic E-state index is -4.57. The predicted octanol–water partition coefficient (Wildman–Crippen LogP) is 4.89. The van der Waals surface area contributed by atoms with E-state index in [2.05, 4.69) is 4.98 Å². The van der Waals surface area contributed by atoms with E-state index in [1.54, 1.807) is 24.3 Å². The highest BCUT2D eigenvalue weighted by Crippen LogP contribution is 2.33. The zero-order chi connectivity index (χ0) is 21.5. The lowest BCUT2D eigenvalue weighted by molar-refractivity contribution is -0.147. The molecule has 0 radical (unpaired) electrons. The highest BCUT2D eigenvalue weighted by atomic mass is 19.4. The average molecular weight is 423 g/mol. The van der Waals surface area contributed by atoms with Gasteiger partial charge in [0.1, 0.15) is 11.6 Å². The molecule has 158 valence electrons. The second-order valence-corrected chi connectivity index (χ2v) is 7.39. The normalized spacial score (nSPS) is 15.7. The van der Waals surface area contributed by atoms with Gasteiger partial charge < -0.3 is 9.47 Å². The molecule has 2 aromatic carbocycles. The number of piperidine rings is 1. The van der Waals surface area contributed by atoms with Crippen LogP contribution in [0, 0.1) is 17.6 Å². The quantitative estimate of drug-likeness (QED) is 0.563. The van der Waals surface area contributed by atoms with Gasteiger partial charge in [0.05, 0.1) is 16.6 Å². The molecule has 0 unspecified atom stereocenters. The molecule has 1 aliphatic heterocycles. The van der Waals surface area contributed by atoms with Crippen LogP contribution in [0.25, 0.3) is 11.0 Å². The van der Waals surface area contributed by atoms with E-state index in [1.165, 1.54) is 9.47 Å². The summed E-state index contributed by atoms with van der Waals surface area (Å²) >= 11 is 0. The molecule has 1 aromatic heterocycles. The van der Waals surface area contributed by atoms with E-state index in [9.17, 15) is 26.7 Å². The van der Waals surface area contributed by atoms with Crippen LogP contribution in [-0.2, 0) is 12.7 Å². The number of nitrogens with zero attached hydrogens (tertiary/aromatic N) is 3. The Bertz CT molecular complexity index is 1080. The number of imidazole rings is 1. The SMILES string of the molecule is O=C(c1ccc(F)cc1F)N1CCC(Cn2c(C(F)(F)F)nc3ccccc32)CC1. The number of hydrogen-bond acceptors (Lipinski definition) is 2. The van der Waals surface area contributed by atoms with E-state index in [-0.39, 0.29) is 36.6 Å². The summed E-state index contributed by atoms with van der Waals surface area (Å²) in [5.74, 6) is -3.27. The number of aromatic nitrogens is 2. The number of carbonyl (C=O) groups excluding carboxylic acids is 1. The van der Waals surface area contributed by atoms with Crippen molar-refractivity contribution in [2.24, 2.45) is 5.92 Å². The molecule has 0 saturated carbocycles. The van der Waals surface area contributed by atoms with Crippen LogP contribution in [0.3, 0.4) is 0 Å². The molecule has 0 spiro atoms. The summed E-state index contributed by atoms with van der Waals surface area (Å²) in [6.45, 7) is 0.699. The number of alkyl halides is 3. The van der Waals surface area contributed by atoms with Gasteiger partial charge in [-0.05, 0) is 43.0 Å². The minimum absolute atomic E-state index is 0.0918. The molecule has 0 N–H and O–H groups in total. The van der Waals surface area contributed by atoms with E-state index >= 15 is 0 Å². The molecule has 2 heterocycles. The van der Waals surface area contributed by atoms with Crippen molar-refractivity contribution < 1.29 is 26.7 Å². The second-order valence-electron chi connectivity index (χ2n) is 7.39. The molecule has 9 heteroatoms. The molecule has 4 rings (SSSR count). The maximum Gasteiger partial charge on any atom is 0.449 e. The summed E-state index contributed by atoms with van der Waals surface area (Å²) < 4.78 is 68.5. The number of hydrogen-bond donors (Lipinski definition) is 0. The zero-order valence-electron chi connectivity index (χ0n) is 15.8. The van der Waals surface area contributed by atoms with Crippen molar-refractivity contribution in [2.45, 2.75) is 25.6 Å². The maximum atomic E-state index is 13.9. The first kappa shape index (κ1) is 20.3. The second kappa shape index (κ2) is 7.70. The molecular formula is C21H18F5N3O. The van der Waals surface area contributed by atoms with E-state index in [0.29, 0.717) is 24.4 Å². The van der Waals surface area contributed by atoms with Crippen molar-refractivity contribution >= 4 is 16.9 Å². The number of fused-ring (bicyclic) bond motifs is 1. The number of amides is 1. The van der Waals surface area contributed by atoms with Gasteiger partial charge in [-0.2, -0.15) is 13.2 Å². The Hall–Kier alpha value is -2.97. The Morgan fingerprint density at radius 1 is 1.07 bits per heavy atom. The highest BCUT2D eigenvalue weighted by molar-refractivity contribution is 5.94. The lowest BCUT2D eigenvalue weighted by Gasteiger charge is -2.32. The summed E-state index contributed by atoms with van der Waals surface area (Å²) in [6, 6.07) is 9.23. The lowest BCUT2D eigenvalue weighted by Crippen LogP contribution is -2.39. The van der Waals surface area contributed by atoms with Crippen LogP contribution in [0.1, 0.15) is 29.0 Å². The molecule has 1 fully saturated rings. The van der Waals surface area contributed by atoms with Gasteiger partial charge in [-0.25, -0.2) is 13.8 Å². The van der Waals surface area contributed by atoms with Crippen LogP contribution < -0.4 is 0 Å². The van der Waals surface area contributed by atoms with E-state index in [0.717, 1.165) is 12.1 Å². The van der Waals surface area contributed by atoms with Gasteiger partial charge in [0, 0.05) is 25.7 Å². The van der Waals surface area contributed by atoms with Crippen molar-refractivity contribution in [3.8, 4) is 0 Å². The van der Waals surface area contributed by atoms with Crippen molar-refractivity contribution in [2.75, 3.05) is 13.1 Å². The highest BCUT2D eigenvalue weighted by Gasteiger charge is 2.38. The Labute approximate surface area is 168 Å². The van der Waals surface area contributed by atoms with Crippen LogP contribution >= 0.6 is 0 Å². The van der Waals surface area contributed by atoms with Crippen LogP contribution in [0.5, 0.6) is 0 Å². The van der Waals surface area contributed by atoms with Crippen LogP contribution in [-0.4, -0.2) is 33.4 Å². The van der Waals surface area contributed by atoms with Crippen molar-refractivity contribution in [1.29, 1.82) is 0 Å². The fourth-order valence-corrected chi connectivity index (χ4v) is 3.89. The third-order valence-electron chi connectivity index (χ3n) is 5.41. The first-order valence-electron chi connectivity index (χ1n) is 9.51. The number of halogens is 5. The number of likely N-dealkylation sites (tertiary alicyclic amines) is 1. The van der Waals surface area contributed by atoms with Gasteiger partial charge in [-0.3, -0.25) is 4.79 Å². The molecule has 1 amide bonds. The first-order valence-corrected chi connectivity index (χ1v) is 9.51. The Kier molecular flexibility index (Phi) is 5.21. The van der Waals surface area contributed by atoms with Gasteiger partial charge in [0.2, 0.25) is 5.82 Å². The zero-order valence-corrected chi connectivity index (χ0v) is 15.8. The number of benzene rings is 2. The molecule has 1 aliphatic rings.